The van der Waals surface area contributed by atoms with Crippen LogP contribution in [0, 0.1) is 6.42 Å². The van der Waals surface area contributed by atoms with Crippen LogP contribution >= 0.6 is 0 Å². The lowest BCUT2D eigenvalue weighted by Crippen LogP contribution is -1.88. The molecule has 0 atom stereocenters. The molecule has 3 nitrogen and oxygen atoms in total. The molecule has 2 aliphatic carbocycles. The van der Waals surface area contributed by atoms with E-state index in [1.54, 1.807) is 6.20 Å². The predicted octanol–water partition coefficient (Wildman–Crippen LogP) is 3.71. The van der Waals surface area contributed by atoms with Crippen LogP contribution < -0.4 is 5.43 Å². The molecule has 0 aromatic carbocycles. The maximum absolute atomic E-state index is 4.06. The van der Waals surface area contributed by atoms with Gasteiger partial charge >= 0.3 is 0 Å². The summed E-state index contributed by atoms with van der Waals surface area (Å²) in [7, 11) is 0. The molecule has 0 aromatic rings. The summed E-state index contributed by atoms with van der Waals surface area (Å²) in [5.74, 6) is 0. The van der Waals surface area contributed by atoms with Crippen LogP contribution in [-0.4, -0.2) is 0 Å². The van der Waals surface area contributed by atoms with E-state index in [0.717, 1.165) is 11.3 Å². The van der Waals surface area contributed by atoms with E-state index in [4.69, 9.17) is 0 Å². The molecule has 0 unspecified atom stereocenters. The summed E-state index contributed by atoms with van der Waals surface area (Å²) in [5, 5.41) is 7.86. The molecule has 18 heavy (non-hydrogen) atoms. The fourth-order valence-corrected chi connectivity index (χ4v) is 1.91. The van der Waals surface area contributed by atoms with Crippen molar-refractivity contribution in [3.05, 3.63) is 78.5 Å². The van der Waals surface area contributed by atoms with Gasteiger partial charge in [-0.3, -0.25) is 5.43 Å². The maximum atomic E-state index is 4.06. The SMILES string of the molecule is [CH](C1=CC=CNN=N1)c1cc2cccccc-2c1. The van der Waals surface area contributed by atoms with Gasteiger partial charge in [0, 0.05) is 12.6 Å². The highest BCUT2D eigenvalue weighted by Crippen LogP contribution is 2.27. The zero-order valence-electron chi connectivity index (χ0n) is 9.75. The number of fused-ring (bicyclic) bond motifs is 1. The summed E-state index contributed by atoms with van der Waals surface area (Å²) in [6.07, 6.45) is 7.56. The topological polar surface area (TPSA) is 36.8 Å². The highest BCUT2D eigenvalue weighted by atomic mass is 15.4. The van der Waals surface area contributed by atoms with E-state index >= 15 is 0 Å². The largest absolute Gasteiger partial charge is 0.267 e. The zero-order valence-corrected chi connectivity index (χ0v) is 9.75. The van der Waals surface area contributed by atoms with Crippen LogP contribution in [-0.2, 0) is 0 Å². The zero-order chi connectivity index (χ0) is 12.2. The van der Waals surface area contributed by atoms with E-state index in [9.17, 15) is 0 Å². The van der Waals surface area contributed by atoms with Crippen molar-refractivity contribution in [2.75, 3.05) is 0 Å². The molecule has 3 aliphatic rings. The number of nitrogens with one attached hydrogen (secondary N) is 1. The van der Waals surface area contributed by atoms with Crippen molar-refractivity contribution in [1.82, 2.24) is 5.43 Å². The second kappa shape index (κ2) is 4.84. The molecule has 3 rings (SSSR count). The maximum Gasteiger partial charge on any atom is 0.0733 e. The van der Waals surface area contributed by atoms with Gasteiger partial charge in [0.15, 0.2) is 0 Å². The highest BCUT2D eigenvalue weighted by Gasteiger charge is 2.07. The first kappa shape index (κ1) is 10.7. The van der Waals surface area contributed by atoms with Gasteiger partial charge in [0.1, 0.15) is 0 Å². The fraction of sp³-hybridized carbons (Fsp3) is 0. The molecule has 0 amide bonds. The number of allylic oxidation sites excluding steroid dienone is 3. The van der Waals surface area contributed by atoms with Crippen molar-refractivity contribution in [1.29, 1.82) is 0 Å². The van der Waals surface area contributed by atoms with E-state index in [2.05, 4.69) is 40.0 Å². The van der Waals surface area contributed by atoms with E-state index in [1.165, 1.54) is 11.1 Å². The van der Waals surface area contributed by atoms with Gasteiger partial charge in [-0.25, -0.2) is 0 Å². The van der Waals surface area contributed by atoms with E-state index in [-0.39, 0.29) is 0 Å². The molecule has 0 fully saturated rings. The van der Waals surface area contributed by atoms with Crippen LogP contribution in [0.4, 0.5) is 0 Å². The van der Waals surface area contributed by atoms with E-state index in [0.29, 0.717) is 0 Å². The van der Waals surface area contributed by atoms with Crippen molar-refractivity contribution < 1.29 is 0 Å². The van der Waals surface area contributed by atoms with Crippen LogP contribution in [0.2, 0.25) is 0 Å². The molecular weight excluding hydrogens is 222 g/mol. The van der Waals surface area contributed by atoms with Crippen LogP contribution in [0.25, 0.3) is 11.1 Å². The van der Waals surface area contributed by atoms with E-state index < -0.39 is 0 Å². The minimum Gasteiger partial charge on any atom is -0.267 e. The number of rotatable bonds is 2. The van der Waals surface area contributed by atoms with E-state index in [1.807, 2.05) is 36.8 Å². The van der Waals surface area contributed by atoms with Gasteiger partial charge in [-0.1, -0.05) is 47.7 Å². The van der Waals surface area contributed by atoms with Crippen molar-refractivity contribution in [3.8, 4) is 11.1 Å². The molecule has 0 spiro atoms. The summed E-state index contributed by atoms with van der Waals surface area (Å²) < 4.78 is 0. The summed E-state index contributed by atoms with van der Waals surface area (Å²) in [4.78, 5) is 0. The Morgan fingerprint density at radius 3 is 2.56 bits per heavy atom. The second-order valence-electron chi connectivity index (χ2n) is 4.03. The summed E-state index contributed by atoms with van der Waals surface area (Å²) in [6.45, 7) is 0. The van der Waals surface area contributed by atoms with Gasteiger partial charge < -0.3 is 0 Å². The second-order valence-corrected chi connectivity index (χ2v) is 4.03. The molecule has 0 aromatic heterocycles. The Balaban J connectivity index is 1.90. The third kappa shape index (κ3) is 2.30. The van der Waals surface area contributed by atoms with Crippen molar-refractivity contribution in [2.24, 2.45) is 10.3 Å². The monoisotopic (exact) mass is 234 g/mol. The fourth-order valence-electron chi connectivity index (χ4n) is 1.91. The third-order valence-electron chi connectivity index (χ3n) is 2.73. The molecule has 1 heterocycles. The minimum atomic E-state index is 0.830. The van der Waals surface area contributed by atoms with Crippen molar-refractivity contribution >= 4 is 0 Å². The Morgan fingerprint density at radius 1 is 1.00 bits per heavy atom. The van der Waals surface area contributed by atoms with Crippen LogP contribution in [0.1, 0.15) is 5.56 Å². The van der Waals surface area contributed by atoms with Gasteiger partial charge in [-0.15, -0.1) is 5.11 Å². The standard InChI is InChI=1S/C15H12N3/c1-2-5-13-9-12(10-14(13)6-3-1)11-15-7-4-8-16-18-17-15/h1-11H,(H,16,17). The van der Waals surface area contributed by atoms with Gasteiger partial charge in [-0.2, -0.15) is 0 Å². The molecule has 0 saturated carbocycles. The lowest BCUT2D eigenvalue weighted by atomic mass is 10.2. The molecule has 0 bridgehead atoms. The first-order chi connectivity index (χ1) is 8.92. The first-order valence-corrected chi connectivity index (χ1v) is 5.78. The molecule has 0 saturated heterocycles. The molecule has 1 aliphatic heterocycles. The van der Waals surface area contributed by atoms with Gasteiger partial charge in [0.05, 0.1) is 5.70 Å². The number of hydrogen-bond acceptors (Lipinski definition) is 3. The Bertz CT molecular complexity index is 580. The van der Waals surface area contributed by atoms with Gasteiger partial charge in [-0.05, 0) is 28.8 Å². The van der Waals surface area contributed by atoms with Crippen LogP contribution in [0.5, 0.6) is 0 Å². The Hall–Kier alpha value is -2.42. The smallest absolute Gasteiger partial charge is 0.0733 e. The third-order valence-corrected chi connectivity index (χ3v) is 2.73. The van der Waals surface area contributed by atoms with Gasteiger partial charge in [0.2, 0.25) is 0 Å². The van der Waals surface area contributed by atoms with Crippen LogP contribution in [0.15, 0.2) is 76.9 Å². The normalized spacial score (nSPS) is 14.1. The Labute approximate surface area is 106 Å². The number of hydrogen-bond donors (Lipinski definition) is 1. The van der Waals surface area contributed by atoms with Gasteiger partial charge in [0.25, 0.3) is 0 Å². The highest BCUT2D eigenvalue weighted by molar-refractivity contribution is 5.69. The summed E-state index contributed by atoms with van der Waals surface area (Å²) >= 11 is 0. The van der Waals surface area contributed by atoms with Crippen LogP contribution in [0.3, 0.4) is 0 Å². The summed E-state index contributed by atoms with van der Waals surface area (Å²) in [6, 6.07) is 14.6. The Kier molecular flexibility index (Phi) is 2.88. The predicted molar refractivity (Wildman–Crippen MR) is 71.7 cm³/mol. The molecule has 1 N–H and O–H groups in total. The Morgan fingerprint density at radius 2 is 1.78 bits per heavy atom. The average molecular weight is 234 g/mol. The molecule has 3 heteroatoms. The molecule has 1 radical (unpaired) electrons. The average Bonchev–Trinajstić information content (AvgIpc) is 2.60. The first-order valence-electron chi connectivity index (χ1n) is 5.78. The molecule has 87 valence electrons. The molecular formula is C15H12N3. The lowest BCUT2D eigenvalue weighted by Gasteiger charge is -1.94. The van der Waals surface area contributed by atoms with Crippen molar-refractivity contribution in [2.45, 2.75) is 0 Å². The summed E-state index contributed by atoms with van der Waals surface area (Å²) in [5.41, 5.74) is 7.12. The number of nitrogens with zero attached hydrogens (tertiary/aromatic N) is 2. The quantitative estimate of drug-likeness (QED) is 0.844. The minimum absolute atomic E-state index is 0.830. The lowest BCUT2D eigenvalue weighted by molar-refractivity contribution is 0.863. The van der Waals surface area contributed by atoms with Crippen molar-refractivity contribution in [3.63, 3.8) is 0 Å².